The van der Waals surface area contributed by atoms with Gasteiger partial charge in [-0.2, -0.15) is 0 Å². The first-order chi connectivity index (χ1) is 15.7. The molecule has 2 aromatic carbocycles. The van der Waals surface area contributed by atoms with Crippen LogP contribution in [0.1, 0.15) is 38.8 Å². The minimum absolute atomic E-state index is 0.0256. The van der Waals surface area contributed by atoms with Crippen molar-refractivity contribution in [2.24, 2.45) is 5.92 Å². The third-order valence-corrected chi connectivity index (χ3v) is 12.2. The van der Waals surface area contributed by atoms with E-state index < -0.39 is 19.7 Å². The molecule has 1 amide bonds. The molecule has 1 unspecified atom stereocenters. The van der Waals surface area contributed by atoms with Crippen LogP contribution >= 0.6 is 27.5 Å². The highest BCUT2D eigenvalue weighted by atomic mass is 79.9. The van der Waals surface area contributed by atoms with E-state index in [0.29, 0.717) is 12.1 Å². The number of halogens is 3. The average molecular weight is 573 g/mol. The van der Waals surface area contributed by atoms with Gasteiger partial charge >= 0.3 is 0 Å². The molecule has 2 aromatic rings. The van der Waals surface area contributed by atoms with Crippen molar-refractivity contribution in [1.29, 1.82) is 0 Å². The number of benzene rings is 2. The summed E-state index contributed by atoms with van der Waals surface area (Å²) in [6.45, 7) is 13.1. The Morgan fingerprint density at radius 2 is 1.76 bits per heavy atom. The van der Waals surface area contributed by atoms with E-state index in [1.54, 1.807) is 19.2 Å². The number of rotatable bonds is 10. The fourth-order valence-corrected chi connectivity index (χ4v) is 5.37. The molecule has 0 saturated heterocycles. The zero-order chi connectivity index (χ0) is 25.7. The lowest BCUT2D eigenvalue weighted by atomic mass is 9.72. The molecule has 0 heterocycles. The monoisotopic (exact) mass is 571 g/mol. The van der Waals surface area contributed by atoms with Gasteiger partial charge in [0.25, 0.3) is 0 Å². The van der Waals surface area contributed by atoms with Crippen molar-refractivity contribution >= 4 is 41.8 Å². The lowest BCUT2D eigenvalue weighted by molar-refractivity contribution is -0.127. The largest absolute Gasteiger partial charge is 0.497 e. The predicted octanol–water partition coefficient (Wildman–Crippen LogP) is 7.05. The fraction of sp³-hybridized carbons (Fsp3) is 0.500. The summed E-state index contributed by atoms with van der Waals surface area (Å²) in [5.74, 6) is -0.568. The molecule has 8 heteroatoms. The molecule has 34 heavy (non-hydrogen) atoms. The number of hydrogen-bond acceptors (Lipinski definition) is 3. The molecule has 0 saturated carbocycles. The van der Waals surface area contributed by atoms with Gasteiger partial charge in [0.2, 0.25) is 5.91 Å². The van der Waals surface area contributed by atoms with Crippen LogP contribution in [0, 0.1) is 11.7 Å². The highest BCUT2D eigenvalue weighted by Crippen LogP contribution is 2.41. The third-order valence-electron chi connectivity index (χ3n) is 6.95. The van der Waals surface area contributed by atoms with Crippen molar-refractivity contribution in [1.82, 2.24) is 5.32 Å². The van der Waals surface area contributed by atoms with Gasteiger partial charge < -0.3 is 14.5 Å². The Hall–Kier alpha value is -1.41. The van der Waals surface area contributed by atoms with E-state index in [1.165, 1.54) is 6.07 Å². The summed E-state index contributed by atoms with van der Waals surface area (Å²) in [5, 5.41) is 2.95. The Morgan fingerprint density at radius 3 is 2.29 bits per heavy atom. The number of amides is 1. The maximum Gasteiger partial charge on any atom is 0.225 e. The van der Waals surface area contributed by atoms with E-state index in [2.05, 4.69) is 55.1 Å². The van der Waals surface area contributed by atoms with Crippen LogP contribution < -0.4 is 10.1 Å². The van der Waals surface area contributed by atoms with Crippen LogP contribution in [0.4, 0.5) is 4.39 Å². The normalized spacial score (nSPS) is 14.9. The highest BCUT2D eigenvalue weighted by Gasteiger charge is 2.45. The Kier molecular flexibility index (Phi) is 9.79. The van der Waals surface area contributed by atoms with Crippen LogP contribution in [0.5, 0.6) is 5.75 Å². The van der Waals surface area contributed by atoms with Crippen molar-refractivity contribution in [2.75, 3.05) is 19.6 Å². The van der Waals surface area contributed by atoms with Crippen molar-refractivity contribution in [3.8, 4) is 5.75 Å². The van der Waals surface area contributed by atoms with Crippen molar-refractivity contribution in [3.63, 3.8) is 0 Å². The maximum atomic E-state index is 15.1. The standard InChI is InChI=1S/C26H36BrClFNO3Si/c1-25(2,3)34(6,7)33-17-26(4,21-14-19(27)10-13-23(21)29)22(15-28)24(31)30-16-18-8-11-20(32-5)12-9-18/h8-14,22H,15-17H2,1-7H3,(H,30,31)/t22?,26-/m0/s1. The third kappa shape index (κ3) is 6.84. The molecule has 2 rings (SSSR count). The van der Waals surface area contributed by atoms with Crippen LogP contribution in [0.15, 0.2) is 46.9 Å². The van der Waals surface area contributed by atoms with E-state index in [-0.39, 0.29) is 29.2 Å². The van der Waals surface area contributed by atoms with Crippen molar-refractivity contribution in [3.05, 3.63) is 63.9 Å². The molecule has 0 radical (unpaired) electrons. The fourth-order valence-electron chi connectivity index (χ4n) is 3.43. The van der Waals surface area contributed by atoms with Gasteiger partial charge in [-0.25, -0.2) is 4.39 Å². The molecule has 0 aliphatic rings. The van der Waals surface area contributed by atoms with Crippen LogP contribution in [0.25, 0.3) is 0 Å². The summed E-state index contributed by atoms with van der Waals surface area (Å²) >= 11 is 9.84. The quantitative estimate of drug-likeness (QED) is 0.245. The maximum absolute atomic E-state index is 15.1. The zero-order valence-electron chi connectivity index (χ0n) is 21.1. The van der Waals surface area contributed by atoms with E-state index in [0.717, 1.165) is 15.8 Å². The number of nitrogens with one attached hydrogen (secondary N) is 1. The van der Waals surface area contributed by atoms with E-state index >= 15 is 4.39 Å². The van der Waals surface area contributed by atoms with Gasteiger partial charge in [0, 0.05) is 28.9 Å². The minimum atomic E-state index is -2.17. The number of hydrogen-bond donors (Lipinski definition) is 1. The van der Waals surface area contributed by atoms with Crippen LogP contribution in [-0.2, 0) is 21.2 Å². The molecule has 0 bridgehead atoms. The van der Waals surface area contributed by atoms with Gasteiger partial charge in [-0.15, -0.1) is 11.6 Å². The first-order valence-electron chi connectivity index (χ1n) is 11.3. The van der Waals surface area contributed by atoms with Gasteiger partial charge in [-0.1, -0.05) is 55.8 Å². The van der Waals surface area contributed by atoms with E-state index in [9.17, 15) is 4.79 Å². The summed E-state index contributed by atoms with van der Waals surface area (Å²) in [7, 11) is -0.566. The van der Waals surface area contributed by atoms with Gasteiger partial charge in [0.1, 0.15) is 11.6 Å². The summed E-state index contributed by atoms with van der Waals surface area (Å²) in [6, 6.07) is 12.2. The van der Waals surface area contributed by atoms with Gasteiger partial charge in [0.05, 0.1) is 13.0 Å². The molecule has 0 fully saturated rings. The zero-order valence-corrected chi connectivity index (χ0v) is 24.4. The molecule has 2 atom stereocenters. The second-order valence-electron chi connectivity index (χ2n) is 10.4. The molecular formula is C26H36BrClFNO3Si. The Labute approximate surface area is 217 Å². The topological polar surface area (TPSA) is 47.6 Å². The summed E-state index contributed by atoms with van der Waals surface area (Å²) in [5.41, 5.74) is 0.357. The molecule has 0 spiro atoms. The molecule has 0 aliphatic heterocycles. The first-order valence-corrected chi connectivity index (χ1v) is 15.5. The van der Waals surface area contributed by atoms with Crippen molar-refractivity contribution < 1.29 is 18.3 Å². The summed E-state index contributed by atoms with van der Waals surface area (Å²) in [6.07, 6.45) is 0. The molecule has 1 N–H and O–H groups in total. The Bertz CT molecular complexity index is 981. The molecule has 4 nitrogen and oxygen atoms in total. The number of ether oxygens (including phenoxy) is 1. The van der Waals surface area contributed by atoms with Crippen molar-refractivity contribution in [2.45, 2.75) is 57.8 Å². The van der Waals surface area contributed by atoms with E-state index in [4.69, 9.17) is 20.8 Å². The molecular weight excluding hydrogens is 537 g/mol. The average Bonchev–Trinajstić information content (AvgIpc) is 2.78. The van der Waals surface area contributed by atoms with Crippen LogP contribution in [0.3, 0.4) is 0 Å². The van der Waals surface area contributed by atoms with E-state index in [1.807, 2.05) is 31.2 Å². The van der Waals surface area contributed by atoms with Gasteiger partial charge in [-0.3, -0.25) is 4.79 Å². The molecule has 0 aromatic heterocycles. The summed E-state index contributed by atoms with van der Waals surface area (Å²) in [4.78, 5) is 13.4. The predicted molar refractivity (Wildman–Crippen MR) is 144 cm³/mol. The summed E-state index contributed by atoms with van der Waals surface area (Å²) < 4.78 is 27.6. The first kappa shape index (κ1) is 28.8. The second kappa shape index (κ2) is 11.5. The Balaban J connectivity index is 2.37. The molecule has 188 valence electrons. The molecule has 0 aliphatic carbocycles. The number of alkyl halides is 1. The van der Waals surface area contributed by atoms with Gasteiger partial charge in [0.15, 0.2) is 8.32 Å². The highest BCUT2D eigenvalue weighted by molar-refractivity contribution is 9.10. The van der Waals surface area contributed by atoms with Crippen LogP contribution in [-0.4, -0.2) is 33.8 Å². The Morgan fingerprint density at radius 1 is 1.15 bits per heavy atom. The second-order valence-corrected chi connectivity index (χ2v) is 16.4. The lowest BCUT2D eigenvalue weighted by Crippen LogP contribution is -2.51. The van der Waals surface area contributed by atoms with Gasteiger partial charge in [-0.05, 0) is 59.6 Å². The number of carbonyl (C=O) groups excluding carboxylic acids is 1. The lowest BCUT2D eigenvalue weighted by Gasteiger charge is -2.42. The number of carbonyl (C=O) groups is 1. The minimum Gasteiger partial charge on any atom is -0.497 e. The van der Waals surface area contributed by atoms with Crippen LogP contribution in [0.2, 0.25) is 18.1 Å². The smallest absolute Gasteiger partial charge is 0.225 e. The SMILES string of the molecule is COc1ccc(CNC(=O)C(CCl)[C@@](C)(CO[Si](C)(C)C(C)(C)C)c2cc(Br)ccc2F)cc1. The number of methoxy groups -OCH3 is 1.